The number of piperazine rings is 1. The van der Waals surface area contributed by atoms with E-state index in [1.807, 2.05) is 52.0 Å². The number of anilines is 1. The molecule has 172 valence electrons. The van der Waals surface area contributed by atoms with Crippen LogP contribution in [0, 0.1) is 5.41 Å². The van der Waals surface area contributed by atoms with Gasteiger partial charge in [-0.25, -0.2) is 0 Å². The Morgan fingerprint density at radius 2 is 2.03 bits per heavy atom. The van der Waals surface area contributed by atoms with Crippen LogP contribution < -0.4 is 15.4 Å². The number of fused-ring (bicyclic) bond motifs is 4. The molecule has 4 aliphatic rings. The molecule has 0 aliphatic carbocycles. The number of hydrogen-bond donors (Lipinski definition) is 2. The molecule has 1 aromatic carbocycles. The Labute approximate surface area is 193 Å². The van der Waals surface area contributed by atoms with Gasteiger partial charge < -0.3 is 20.3 Å². The molecule has 0 bridgehead atoms. The third-order valence-electron chi connectivity index (χ3n) is 7.52. The SMILES string of the molecule is C=CC(C)(C)[C@]1(C[C@@H]2NC(=O)C3=CCCN3C2=O)C(=O)Nc2c1ccc1c2C=CC(C)(C)O1. The molecule has 7 nitrogen and oxygen atoms in total. The first kappa shape index (κ1) is 21.5. The Hall–Kier alpha value is -3.35. The maximum atomic E-state index is 13.8. The van der Waals surface area contributed by atoms with Crippen LogP contribution in [0.4, 0.5) is 5.69 Å². The second kappa shape index (κ2) is 6.83. The molecule has 0 radical (unpaired) electrons. The Balaban J connectivity index is 1.63. The van der Waals surface area contributed by atoms with Crippen LogP contribution in [0.5, 0.6) is 5.75 Å². The van der Waals surface area contributed by atoms with Crippen molar-refractivity contribution in [1.82, 2.24) is 10.2 Å². The first-order chi connectivity index (χ1) is 15.5. The molecule has 2 atom stereocenters. The minimum atomic E-state index is -1.10. The number of ether oxygens (including phenoxy) is 1. The maximum absolute atomic E-state index is 13.8. The van der Waals surface area contributed by atoms with Gasteiger partial charge in [0, 0.05) is 17.5 Å². The van der Waals surface area contributed by atoms with Gasteiger partial charge in [-0.05, 0) is 50.5 Å². The van der Waals surface area contributed by atoms with E-state index in [1.165, 1.54) is 4.90 Å². The van der Waals surface area contributed by atoms with Gasteiger partial charge >= 0.3 is 0 Å². The van der Waals surface area contributed by atoms with Crippen molar-refractivity contribution in [3.63, 3.8) is 0 Å². The maximum Gasteiger partial charge on any atom is 0.268 e. The second-order valence-electron chi connectivity index (χ2n) is 10.3. The number of benzene rings is 1. The van der Waals surface area contributed by atoms with E-state index in [4.69, 9.17) is 4.74 Å². The van der Waals surface area contributed by atoms with Gasteiger partial charge in [0.15, 0.2) is 0 Å². The van der Waals surface area contributed by atoms with Crippen LogP contribution in [0.1, 0.15) is 51.7 Å². The summed E-state index contributed by atoms with van der Waals surface area (Å²) in [5.74, 6) is 0.0366. The molecular weight excluding hydrogens is 418 g/mol. The quantitative estimate of drug-likeness (QED) is 0.694. The van der Waals surface area contributed by atoms with E-state index >= 15 is 0 Å². The number of allylic oxidation sites excluding steroid dienone is 1. The van der Waals surface area contributed by atoms with Crippen LogP contribution in [0.15, 0.2) is 42.6 Å². The van der Waals surface area contributed by atoms with Gasteiger partial charge in [0.1, 0.15) is 23.1 Å². The molecule has 33 heavy (non-hydrogen) atoms. The van der Waals surface area contributed by atoms with Crippen LogP contribution in [-0.4, -0.2) is 40.8 Å². The average molecular weight is 448 g/mol. The topological polar surface area (TPSA) is 87.7 Å². The van der Waals surface area contributed by atoms with Gasteiger partial charge in [-0.1, -0.05) is 32.1 Å². The van der Waals surface area contributed by atoms with Gasteiger partial charge in [0.05, 0.1) is 11.1 Å². The lowest BCUT2D eigenvalue weighted by molar-refractivity contribution is -0.141. The van der Waals surface area contributed by atoms with Gasteiger partial charge in [-0.3, -0.25) is 14.4 Å². The third-order valence-corrected chi connectivity index (χ3v) is 7.52. The molecule has 1 fully saturated rings. The third kappa shape index (κ3) is 2.91. The molecule has 3 amide bonds. The summed E-state index contributed by atoms with van der Waals surface area (Å²) in [7, 11) is 0. The summed E-state index contributed by atoms with van der Waals surface area (Å²) in [5, 5.41) is 5.94. The summed E-state index contributed by atoms with van der Waals surface area (Å²) < 4.78 is 6.11. The monoisotopic (exact) mass is 447 g/mol. The molecular formula is C26H29N3O4. The lowest BCUT2D eigenvalue weighted by atomic mass is 9.59. The van der Waals surface area contributed by atoms with Crippen molar-refractivity contribution >= 4 is 29.5 Å². The molecule has 5 rings (SSSR count). The van der Waals surface area contributed by atoms with Crippen LogP contribution in [-0.2, 0) is 19.8 Å². The predicted octanol–water partition coefficient (Wildman–Crippen LogP) is 3.28. The molecule has 2 N–H and O–H groups in total. The Kier molecular flexibility index (Phi) is 4.45. The first-order valence-corrected chi connectivity index (χ1v) is 11.3. The van der Waals surface area contributed by atoms with Gasteiger partial charge in [-0.2, -0.15) is 0 Å². The minimum absolute atomic E-state index is 0.133. The average Bonchev–Trinajstić information content (AvgIpc) is 3.35. The molecule has 1 aromatic rings. The molecule has 0 spiro atoms. The van der Waals surface area contributed by atoms with Crippen molar-refractivity contribution < 1.29 is 19.1 Å². The number of hydrogen-bond acceptors (Lipinski definition) is 4. The fourth-order valence-corrected chi connectivity index (χ4v) is 5.50. The summed E-state index contributed by atoms with van der Waals surface area (Å²) in [6.07, 6.45) is 8.27. The molecule has 4 aliphatic heterocycles. The number of rotatable bonds is 4. The Bertz CT molecular complexity index is 1180. The van der Waals surface area contributed by atoms with Crippen molar-refractivity contribution in [1.29, 1.82) is 0 Å². The zero-order chi connectivity index (χ0) is 23.8. The molecule has 0 aromatic heterocycles. The number of nitrogens with one attached hydrogen (secondary N) is 2. The summed E-state index contributed by atoms with van der Waals surface area (Å²) >= 11 is 0. The fraction of sp³-hybridized carbons (Fsp3) is 0.423. The van der Waals surface area contributed by atoms with Crippen LogP contribution >= 0.6 is 0 Å². The number of carbonyl (C=O) groups is 3. The van der Waals surface area contributed by atoms with Crippen LogP contribution in [0.25, 0.3) is 6.08 Å². The summed E-state index contributed by atoms with van der Waals surface area (Å²) in [5.41, 5.74) is 0.440. The lowest BCUT2D eigenvalue weighted by Crippen LogP contribution is -2.60. The van der Waals surface area contributed by atoms with E-state index in [2.05, 4.69) is 17.2 Å². The minimum Gasteiger partial charge on any atom is -0.483 e. The van der Waals surface area contributed by atoms with Gasteiger partial charge in [0.2, 0.25) is 11.8 Å². The predicted molar refractivity (Wildman–Crippen MR) is 125 cm³/mol. The number of nitrogens with zero attached hydrogens (tertiary/aromatic N) is 1. The van der Waals surface area contributed by atoms with Crippen molar-refractivity contribution in [3.8, 4) is 5.75 Å². The summed E-state index contributed by atoms with van der Waals surface area (Å²) in [6.45, 7) is 12.3. The highest BCUT2D eigenvalue weighted by atomic mass is 16.5. The summed E-state index contributed by atoms with van der Waals surface area (Å²) in [4.78, 5) is 41.3. The van der Waals surface area contributed by atoms with Crippen LogP contribution in [0.2, 0.25) is 0 Å². The smallest absolute Gasteiger partial charge is 0.268 e. The lowest BCUT2D eigenvalue weighted by Gasteiger charge is -2.44. The van der Waals surface area contributed by atoms with Gasteiger partial charge in [-0.15, -0.1) is 6.58 Å². The van der Waals surface area contributed by atoms with E-state index < -0.39 is 22.5 Å². The van der Waals surface area contributed by atoms with Crippen LogP contribution in [0.3, 0.4) is 0 Å². The molecule has 0 unspecified atom stereocenters. The van der Waals surface area contributed by atoms with E-state index in [0.29, 0.717) is 30.1 Å². The first-order valence-electron chi connectivity index (χ1n) is 11.3. The highest BCUT2D eigenvalue weighted by Crippen LogP contribution is 2.55. The second-order valence-corrected chi connectivity index (χ2v) is 10.3. The molecule has 1 saturated heterocycles. The standard InChI is InChI=1S/C26H29N3O4/c1-6-24(2,3)26(14-17-22(31)29-13-7-8-18(29)21(30)27-17)16-9-10-19-15(20(16)28-23(26)32)11-12-25(4,5)33-19/h6,8-12,17H,1,7,13-14H2,2-5H3,(H,27,30)(H,28,32)/t17-,26-/m0/s1. The normalized spacial score (nSPS) is 27.2. The van der Waals surface area contributed by atoms with E-state index in [9.17, 15) is 14.4 Å². The molecule has 0 saturated carbocycles. The van der Waals surface area contributed by atoms with E-state index in [-0.39, 0.29) is 24.1 Å². The zero-order valence-corrected chi connectivity index (χ0v) is 19.5. The van der Waals surface area contributed by atoms with Crippen molar-refractivity contribution in [2.75, 3.05) is 11.9 Å². The zero-order valence-electron chi connectivity index (χ0n) is 19.5. The highest BCUT2D eigenvalue weighted by molar-refractivity contribution is 6.11. The number of carbonyl (C=O) groups excluding carboxylic acids is 3. The largest absolute Gasteiger partial charge is 0.483 e. The Morgan fingerprint density at radius 3 is 2.76 bits per heavy atom. The van der Waals surface area contributed by atoms with Gasteiger partial charge in [0.25, 0.3) is 5.91 Å². The van der Waals surface area contributed by atoms with E-state index in [0.717, 1.165) is 11.1 Å². The Morgan fingerprint density at radius 1 is 1.27 bits per heavy atom. The number of amides is 3. The van der Waals surface area contributed by atoms with E-state index in [1.54, 1.807) is 12.2 Å². The van der Waals surface area contributed by atoms with Crippen molar-refractivity contribution in [3.05, 3.63) is 53.8 Å². The molecule has 7 heteroatoms. The summed E-state index contributed by atoms with van der Waals surface area (Å²) in [6, 6.07) is 2.98. The highest BCUT2D eigenvalue weighted by Gasteiger charge is 2.58. The van der Waals surface area contributed by atoms with Crippen molar-refractivity contribution in [2.45, 2.75) is 57.6 Å². The fourth-order valence-electron chi connectivity index (χ4n) is 5.50. The molecule has 4 heterocycles. The van der Waals surface area contributed by atoms with Crippen molar-refractivity contribution in [2.24, 2.45) is 5.41 Å².